The van der Waals surface area contributed by atoms with Gasteiger partial charge in [0, 0.05) is 23.9 Å². The van der Waals surface area contributed by atoms with E-state index in [-0.39, 0.29) is 0 Å². The van der Waals surface area contributed by atoms with Gasteiger partial charge < -0.3 is 14.9 Å². The molecule has 2 N–H and O–H groups in total. The molecule has 2 aromatic heterocycles. The third-order valence-corrected chi connectivity index (χ3v) is 4.36. The van der Waals surface area contributed by atoms with Crippen molar-refractivity contribution >= 4 is 17.0 Å². The van der Waals surface area contributed by atoms with Crippen molar-refractivity contribution in [2.24, 2.45) is 0 Å². The number of para-hydroxylation sites is 2. The quantitative estimate of drug-likeness (QED) is 0.604. The fourth-order valence-corrected chi connectivity index (χ4v) is 3.15. The monoisotopic (exact) mass is 333 g/mol. The second kappa shape index (κ2) is 6.11. The summed E-state index contributed by atoms with van der Waals surface area (Å²) in [5.41, 5.74) is 12.1. The van der Waals surface area contributed by atoms with Crippen molar-refractivity contribution in [1.29, 1.82) is 0 Å². The summed E-state index contributed by atoms with van der Waals surface area (Å²) < 4.78 is 13.0. The Morgan fingerprint density at radius 3 is 2.84 bits per heavy atom. The lowest BCUT2D eigenvalue weighted by Gasteiger charge is -2.11. The molecule has 5 nitrogen and oxygen atoms in total. The van der Waals surface area contributed by atoms with Gasteiger partial charge in [-0.3, -0.25) is 4.57 Å². The van der Waals surface area contributed by atoms with Gasteiger partial charge >= 0.3 is 0 Å². The number of benzene rings is 2. The number of ether oxygens (including phenoxy) is 1. The van der Waals surface area contributed by atoms with Gasteiger partial charge in [-0.05, 0) is 42.8 Å². The van der Waals surface area contributed by atoms with Gasteiger partial charge in [-0.2, -0.15) is 0 Å². The molecule has 0 amide bonds. The molecule has 2 heterocycles. The van der Waals surface area contributed by atoms with Crippen molar-refractivity contribution in [3.63, 3.8) is 0 Å². The molecule has 0 atom stereocenters. The Morgan fingerprint density at radius 2 is 2.00 bits per heavy atom. The van der Waals surface area contributed by atoms with Gasteiger partial charge in [-0.25, -0.2) is 4.98 Å². The molecular weight excluding hydrogens is 314 g/mol. The average molecular weight is 333 g/mol. The lowest BCUT2D eigenvalue weighted by molar-refractivity contribution is 0.185. The van der Waals surface area contributed by atoms with Crippen LogP contribution in [-0.2, 0) is 11.3 Å². The zero-order valence-electron chi connectivity index (χ0n) is 14.2. The minimum Gasteiger partial charge on any atom is -0.464 e. The zero-order chi connectivity index (χ0) is 17.4. The summed E-state index contributed by atoms with van der Waals surface area (Å²) in [5, 5.41) is 0. The first-order valence-corrected chi connectivity index (χ1v) is 8.08. The summed E-state index contributed by atoms with van der Waals surface area (Å²) in [5.74, 6) is 1.29. The highest BCUT2D eigenvalue weighted by Gasteiger charge is 2.15. The Labute approximate surface area is 145 Å². The molecule has 0 saturated carbocycles. The number of hydrogen-bond donors (Lipinski definition) is 1. The number of nitrogen functional groups attached to an aromatic ring is 1. The number of anilines is 1. The van der Waals surface area contributed by atoms with E-state index in [0.29, 0.717) is 12.6 Å². The second-order valence-corrected chi connectivity index (χ2v) is 6.00. The first kappa shape index (κ1) is 15.5. The number of imidazole rings is 1. The van der Waals surface area contributed by atoms with Crippen molar-refractivity contribution in [2.75, 3.05) is 12.8 Å². The van der Waals surface area contributed by atoms with Gasteiger partial charge in [-0.15, -0.1) is 0 Å². The van der Waals surface area contributed by atoms with Gasteiger partial charge in [-0.1, -0.05) is 18.2 Å². The Balaban J connectivity index is 1.90. The molecule has 25 heavy (non-hydrogen) atoms. The smallest absolute Gasteiger partial charge is 0.205 e. The predicted molar refractivity (Wildman–Crippen MR) is 98.6 cm³/mol. The molecule has 4 rings (SSSR count). The van der Waals surface area contributed by atoms with Gasteiger partial charge in [0.05, 0.1) is 23.9 Å². The van der Waals surface area contributed by atoms with Gasteiger partial charge in [0.1, 0.15) is 5.76 Å². The van der Waals surface area contributed by atoms with E-state index in [1.807, 2.05) is 41.0 Å². The SMILES string of the molecule is COCc1ccoc1-c1cc(-n2c(N)nc3ccccc32)ccc1C. The van der Waals surface area contributed by atoms with Crippen LogP contribution >= 0.6 is 0 Å². The summed E-state index contributed by atoms with van der Waals surface area (Å²) in [6.07, 6.45) is 1.69. The molecule has 0 aliphatic carbocycles. The van der Waals surface area contributed by atoms with Crippen LogP contribution < -0.4 is 5.73 Å². The van der Waals surface area contributed by atoms with E-state index in [1.54, 1.807) is 13.4 Å². The third kappa shape index (κ3) is 2.58. The van der Waals surface area contributed by atoms with Gasteiger partial charge in [0.2, 0.25) is 5.95 Å². The molecular formula is C20H19N3O2. The Bertz CT molecular complexity index is 1050. The van der Waals surface area contributed by atoms with E-state index in [1.165, 1.54) is 0 Å². The first-order chi connectivity index (χ1) is 12.2. The number of aromatic nitrogens is 2. The molecule has 0 unspecified atom stereocenters. The van der Waals surface area contributed by atoms with Crippen LogP contribution in [0.4, 0.5) is 5.95 Å². The molecule has 2 aromatic carbocycles. The molecule has 0 saturated heterocycles. The van der Waals surface area contributed by atoms with Crippen LogP contribution in [0.2, 0.25) is 0 Å². The number of furan rings is 1. The van der Waals surface area contributed by atoms with E-state index in [0.717, 1.165) is 39.2 Å². The minimum absolute atomic E-state index is 0.465. The largest absolute Gasteiger partial charge is 0.464 e. The molecule has 0 fully saturated rings. The van der Waals surface area contributed by atoms with Gasteiger partial charge in [0.15, 0.2) is 0 Å². The summed E-state index contributed by atoms with van der Waals surface area (Å²) in [6, 6.07) is 16.0. The fourth-order valence-electron chi connectivity index (χ4n) is 3.15. The molecule has 126 valence electrons. The second-order valence-electron chi connectivity index (χ2n) is 6.00. The number of rotatable bonds is 4. The van der Waals surface area contributed by atoms with Crippen molar-refractivity contribution < 1.29 is 9.15 Å². The zero-order valence-corrected chi connectivity index (χ0v) is 14.2. The Kier molecular flexibility index (Phi) is 3.78. The molecule has 0 spiro atoms. The van der Waals surface area contributed by atoms with E-state index < -0.39 is 0 Å². The maximum atomic E-state index is 6.18. The van der Waals surface area contributed by atoms with E-state index >= 15 is 0 Å². The average Bonchev–Trinajstić information content (AvgIpc) is 3.19. The fraction of sp³-hybridized carbons (Fsp3) is 0.150. The van der Waals surface area contributed by atoms with Crippen molar-refractivity contribution in [3.05, 3.63) is 65.9 Å². The van der Waals surface area contributed by atoms with Crippen LogP contribution in [0.25, 0.3) is 28.0 Å². The van der Waals surface area contributed by atoms with Crippen LogP contribution in [0.3, 0.4) is 0 Å². The van der Waals surface area contributed by atoms with Crippen molar-refractivity contribution in [2.45, 2.75) is 13.5 Å². The summed E-state index contributed by atoms with van der Waals surface area (Å²) in [6.45, 7) is 2.57. The van der Waals surface area contributed by atoms with Gasteiger partial charge in [0.25, 0.3) is 0 Å². The van der Waals surface area contributed by atoms with Crippen LogP contribution in [-0.4, -0.2) is 16.7 Å². The third-order valence-electron chi connectivity index (χ3n) is 4.36. The highest BCUT2D eigenvalue weighted by molar-refractivity contribution is 5.81. The normalized spacial score (nSPS) is 11.3. The molecule has 0 radical (unpaired) electrons. The highest BCUT2D eigenvalue weighted by Crippen LogP contribution is 2.32. The van der Waals surface area contributed by atoms with Crippen molar-refractivity contribution in [3.8, 4) is 17.0 Å². The summed E-state index contributed by atoms with van der Waals surface area (Å²) >= 11 is 0. The van der Waals surface area contributed by atoms with E-state index in [9.17, 15) is 0 Å². The Hall–Kier alpha value is -3.05. The number of nitrogens with two attached hydrogens (primary N) is 1. The lowest BCUT2D eigenvalue weighted by Crippen LogP contribution is -2.01. The van der Waals surface area contributed by atoms with Crippen LogP contribution in [0, 0.1) is 6.92 Å². The number of methoxy groups -OCH3 is 1. The molecule has 0 bridgehead atoms. The summed E-state index contributed by atoms with van der Waals surface area (Å²) in [4.78, 5) is 4.45. The summed E-state index contributed by atoms with van der Waals surface area (Å²) in [7, 11) is 1.68. The topological polar surface area (TPSA) is 66.2 Å². The standard InChI is InChI=1S/C20H19N3O2/c1-13-7-8-15(11-16(13)19-14(12-24-2)9-10-25-19)23-18-6-4-3-5-17(18)22-20(23)21/h3-11H,12H2,1-2H3,(H2,21,22). The van der Waals surface area contributed by atoms with Crippen LogP contribution in [0.15, 0.2) is 59.2 Å². The van der Waals surface area contributed by atoms with E-state index in [2.05, 4.69) is 24.0 Å². The van der Waals surface area contributed by atoms with Crippen molar-refractivity contribution in [1.82, 2.24) is 9.55 Å². The molecule has 4 aromatic rings. The number of nitrogens with zero attached hydrogens (tertiary/aromatic N) is 2. The van der Waals surface area contributed by atoms with Crippen LogP contribution in [0.1, 0.15) is 11.1 Å². The Morgan fingerprint density at radius 1 is 1.16 bits per heavy atom. The molecule has 5 heteroatoms. The molecule has 0 aliphatic heterocycles. The maximum Gasteiger partial charge on any atom is 0.205 e. The number of hydrogen-bond acceptors (Lipinski definition) is 4. The van der Waals surface area contributed by atoms with E-state index in [4.69, 9.17) is 14.9 Å². The molecule has 0 aliphatic rings. The number of fused-ring (bicyclic) bond motifs is 1. The van der Waals surface area contributed by atoms with Crippen LogP contribution in [0.5, 0.6) is 0 Å². The minimum atomic E-state index is 0.465. The highest BCUT2D eigenvalue weighted by atomic mass is 16.5. The number of aryl methyl sites for hydroxylation is 1. The lowest BCUT2D eigenvalue weighted by atomic mass is 10.0. The predicted octanol–water partition coefficient (Wildman–Crippen LogP) is 4.32. The maximum absolute atomic E-state index is 6.18. The first-order valence-electron chi connectivity index (χ1n) is 8.08.